The van der Waals surface area contributed by atoms with E-state index in [9.17, 15) is 18.0 Å². The maximum atomic E-state index is 14.5. The molecule has 7 nitrogen and oxygen atoms in total. The van der Waals surface area contributed by atoms with Gasteiger partial charge < -0.3 is 10.2 Å². The van der Waals surface area contributed by atoms with Gasteiger partial charge >= 0.3 is 0 Å². The van der Waals surface area contributed by atoms with Crippen molar-refractivity contribution in [2.45, 2.75) is 51.6 Å². The van der Waals surface area contributed by atoms with Gasteiger partial charge in [0.2, 0.25) is 11.8 Å². The quantitative estimate of drug-likeness (QED) is 0.201. The molecule has 0 heterocycles. The fourth-order valence-corrected chi connectivity index (χ4v) is 6.71. The first-order valence-electron chi connectivity index (χ1n) is 14.5. The standard InChI is InChI=1S/C35H38ClN3O4S/c1-5-37-35(41)33(22-28-11-7-6-8-12-28)38(23-29-13-9-10-14-32(29)36)34(40)24-39(30-20-26(3)19-27(4)21-30)44(42,43)31-17-15-25(2)16-18-31/h6-21,33H,5,22-24H2,1-4H3,(H,37,41)/t33-/m1/s1. The van der Waals surface area contributed by atoms with Crippen molar-refractivity contribution in [2.24, 2.45) is 0 Å². The number of hydrogen-bond acceptors (Lipinski definition) is 4. The number of rotatable bonds is 12. The lowest BCUT2D eigenvalue weighted by Crippen LogP contribution is -2.53. The molecule has 0 saturated heterocycles. The summed E-state index contributed by atoms with van der Waals surface area (Å²) in [5.74, 6) is -0.872. The SMILES string of the molecule is CCNC(=O)[C@@H](Cc1ccccc1)N(Cc1ccccc1Cl)C(=O)CN(c1cc(C)cc(C)c1)S(=O)(=O)c1ccc(C)cc1. The fourth-order valence-electron chi connectivity index (χ4n) is 5.12. The van der Waals surface area contributed by atoms with Gasteiger partial charge in [-0.3, -0.25) is 13.9 Å². The summed E-state index contributed by atoms with van der Waals surface area (Å²) in [7, 11) is -4.17. The smallest absolute Gasteiger partial charge is 0.264 e. The number of amides is 2. The molecule has 4 aromatic rings. The van der Waals surface area contributed by atoms with Crippen LogP contribution in [0.5, 0.6) is 0 Å². The number of hydrogen-bond donors (Lipinski definition) is 1. The highest BCUT2D eigenvalue weighted by Gasteiger charge is 2.35. The zero-order chi connectivity index (χ0) is 31.9. The van der Waals surface area contributed by atoms with E-state index in [1.54, 1.807) is 54.6 Å². The van der Waals surface area contributed by atoms with Gasteiger partial charge in [0.25, 0.3) is 10.0 Å². The van der Waals surface area contributed by atoms with E-state index in [0.717, 1.165) is 26.6 Å². The van der Waals surface area contributed by atoms with Gasteiger partial charge in [-0.2, -0.15) is 0 Å². The van der Waals surface area contributed by atoms with Crippen molar-refractivity contribution in [3.8, 4) is 0 Å². The lowest BCUT2D eigenvalue weighted by atomic mass is 10.0. The van der Waals surface area contributed by atoms with E-state index in [4.69, 9.17) is 11.6 Å². The molecule has 44 heavy (non-hydrogen) atoms. The van der Waals surface area contributed by atoms with Crippen LogP contribution in [0.3, 0.4) is 0 Å². The Labute approximate surface area is 265 Å². The normalized spacial score (nSPS) is 11.9. The van der Waals surface area contributed by atoms with E-state index in [0.29, 0.717) is 22.8 Å². The molecule has 0 saturated carbocycles. The minimum Gasteiger partial charge on any atom is -0.355 e. The topological polar surface area (TPSA) is 86.8 Å². The summed E-state index contributed by atoms with van der Waals surface area (Å²) in [6, 6.07) is 27.6. The molecule has 0 unspecified atom stereocenters. The van der Waals surface area contributed by atoms with Crippen LogP contribution >= 0.6 is 11.6 Å². The molecule has 2 amide bonds. The Morgan fingerprint density at radius 2 is 1.43 bits per heavy atom. The van der Waals surface area contributed by atoms with Crippen LogP contribution in [0.4, 0.5) is 5.69 Å². The number of anilines is 1. The molecule has 4 aromatic carbocycles. The third-order valence-electron chi connectivity index (χ3n) is 7.30. The van der Waals surface area contributed by atoms with Gasteiger partial charge in [0.15, 0.2) is 0 Å². The minimum atomic E-state index is -4.17. The number of benzene rings is 4. The molecule has 4 rings (SSSR count). The number of aryl methyl sites for hydroxylation is 3. The Kier molecular flexibility index (Phi) is 10.8. The molecule has 0 fully saturated rings. The third kappa shape index (κ3) is 8.07. The summed E-state index contributed by atoms with van der Waals surface area (Å²) in [6.07, 6.45) is 0.233. The molecule has 0 aromatic heterocycles. The van der Waals surface area contributed by atoms with Crippen molar-refractivity contribution in [2.75, 3.05) is 17.4 Å². The first-order chi connectivity index (χ1) is 21.0. The summed E-state index contributed by atoms with van der Waals surface area (Å²) in [5.41, 5.74) is 4.49. The predicted molar refractivity (Wildman–Crippen MR) is 176 cm³/mol. The number of carbonyl (C=O) groups is 2. The van der Waals surface area contributed by atoms with Crippen LogP contribution in [0.15, 0.2) is 102 Å². The van der Waals surface area contributed by atoms with Crippen molar-refractivity contribution in [1.29, 1.82) is 0 Å². The van der Waals surface area contributed by atoms with E-state index in [-0.39, 0.29) is 23.8 Å². The van der Waals surface area contributed by atoms with Crippen LogP contribution in [0, 0.1) is 20.8 Å². The van der Waals surface area contributed by atoms with Crippen molar-refractivity contribution in [3.63, 3.8) is 0 Å². The van der Waals surface area contributed by atoms with Crippen LogP contribution in [-0.4, -0.2) is 44.3 Å². The molecular weight excluding hydrogens is 594 g/mol. The van der Waals surface area contributed by atoms with Crippen LogP contribution in [0.1, 0.15) is 34.7 Å². The van der Waals surface area contributed by atoms with E-state index < -0.39 is 28.5 Å². The van der Waals surface area contributed by atoms with E-state index >= 15 is 0 Å². The van der Waals surface area contributed by atoms with Crippen molar-refractivity contribution >= 4 is 39.1 Å². The average Bonchev–Trinajstić information content (AvgIpc) is 2.98. The second-order valence-corrected chi connectivity index (χ2v) is 13.2. The van der Waals surface area contributed by atoms with Crippen LogP contribution in [0.25, 0.3) is 0 Å². The molecular formula is C35H38ClN3O4S. The number of carbonyl (C=O) groups excluding carboxylic acids is 2. The number of nitrogens with one attached hydrogen (secondary N) is 1. The second kappa shape index (κ2) is 14.6. The highest BCUT2D eigenvalue weighted by molar-refractivity contribution is 7.92. The van der Waals surface area contributed by atoms with Gasteiger partial charge in [-0.25, -0.2) is 8.42 Å². The molecule has 1 N–H and O–H groups in total. The molecule has 0 radical (unpaired) electrons. The Bertz CT molecular complexity index is 1690. The van der Waals surface area contributed by atoms with E-state index in [2.05, 4.69) is 5.32 Å². The summed E-state index contributed by atoms with van der Waals surface area (Å²) in [5, 5.41) is 3.31. The molecule has 0 spiro atoms. The fraction of sp³-hybridized carbons (Fsp3) is 0.257. The number of halogens is 1. The first kappa shape index (κ1) is 32.8. The van der Waals surface area contributed by atoms with Gasteiger partial charge in [-0.15, -0.1) is 0 Å². The van der Waals surface area contributed by atoms with Crippen molar-refractivity contribution < 1.29 is 18.0 Å². The van der Waals surface area contributed by atoms with Crippen LogP contribution in [-0.2, 0) is 32.6 Å². The average molecular weight is 632 g/mol. The van der Waals surface area contributed by atoms with Gasteiger partial charge in [0.05, 0.1) is 10.6 Å². The summed E-state index contributed by atoms with van der Waals surface area (Å²) in [4.78, 5) is 29.6. The lowest BCUT2D eigenvalue weighted by Gasteiger charge is -2.34. The maximum absolute atomic E-state index is 14.5. The molecule has 0 aliphatic rings. The Morgan fingerprint density at radius 1 is 0.818 bits per heavy atom. The number of likely N-dealkylation sites (N-methyl/N-ethyl adjacent to an activating group) is 1. The van der Waals surface area contributed by atoms with Gasteiger partial charge in [-0.05, 0) is 80.3 Å². The largest absolute Gasteiger partial charge is 0.355 e. The monoisotopic (exact) mass is 631 g/mol. The minimum absolute atomic E-state index is 0.0123. The zero-order valence-corrected chi connectivity index (χ0v) is 27.0. The highest BCUT2D eigenvalue weighted by Crippen LogP contribution is 2.28. The van der Waals surface area contributed by atoms with E-state index in [1.165, 1.54) is 4.90 Å². The highest BCUT2D eigenvalue weighted by atomic mass is 35.5. The van der Waals surface area contributed by atoms with Crippen molar-refractivity contribution in [1.82, 2.24) is 10.2 Å². The summed E-state index contributed by atoms with van der Waals surface area (Å²) < 4.78 is 29.5. The summed E-state index contributed by atoms with van der Waals surface area (Å²) in [6.45, 7) is 7.31. The molecule has 9 heteroatoms. The van der Waals surface area contributed by atoms with Crippen molar-refractivity contribution in [3.05, 3.63) is 130 Å². The zero-order valence-electron chi connectivity index (χ0n) is 25.5. The first-order valence-corrected chi connectivity index (χ1v) is 16.3. The van der Waals surface area contributed by atoms with Gasteiger partial charge in [-0.1, -0.05) is 83.9 Å². The number of sulfonamides is 1. The Morgan fingerprint density at radius 3 is 2.05 bits per heavy atom. The second-order valence-electron chi connectivity index (χ2n) is 10.9. The molecule has 0 aliphatic heterocycles. The van der Waals surface area contributed by atoms with Crippen LogP contribution in [0.2, 0.25) is 5.02 Å². The van der Waals surface area contributed by atoms with Gasteiger partial charge in [0, 0.05) is 24.5 Å². The van der Waals surface area contributed by atoms with Gasteiger partial charge in [0.1, 0.15) is 12.6 Å². The molecule has 0 aliphatic carbocycles. The predicted octanol–water partition coefficient (Wildman–Crippen LogP) is 6.24. The Hall–Kier alpha value is -4.14. The Balaban J connectivity index is 1.83. The molecule has 230 valence electrons. The summed E-state index contributed by atoms with van der Waals surface area (Å²) >= 11 is 6.54. The third-order valence-corrected chi connectivity index (χ3v) is 9.46. The number of nitrogens with zero attached hydrogens (tertiary/aromatic N) is 2. The lowest BCUT2D eigenvalue weighted by molar-refractivity contribution is -0.140. The molecule has 0 bridgehead atoms. The van der Waals surface area contributed by atoms with E-state index in [1.807, 2.05) is 70.2 Å². The molecule has 1 atom stereocenters. The maximum Gasteiger partial charge on any atom is 0.264 e. The van der Waals surface area contributed by atoms with Crippen LogP contribution < -0.4 is 9.62 Å².